The molecule has 27 heavy (non-hydrogen) atoms. The minimum Gasteiger partial charge on any atom is -0.504 e. The van der Waals surface area contributed by atoms with Crippen LogP contribution in [0.5, 0.6) is 11.5 Å². The average molecular weight is 451 g/mol. The van der Waals surface area contributed by atoms with E-state index in [-0.39, 0.29) is 27.9 Å². The zero-order valence-electron chi connectivity index (χ0n) is 13.8. The summed E-state index contributed by atoms with van der Waals surface area (Å²) in [6.45, 7) is 0. The van der Waals surface area contributed by atoms with E-state index in [0.29, 0.717) is 10.0 Å². The molecule has 0 spiro atoms. The summed E-state index contributed by atoms with van der Waals surface area (Å²) in [4.78, 5) is 26.2. The number of halogens is 2. The summed E-state index contributed by atoms with van der Waals surface area (Å²) in [6.07, 6.45) is 1.33. The molecule has 6 nitrogen and oxygen atoms in total. The number of carbonyl (C=O) groups excluding carboxylic acids is 2. The van der Waals surface area contributed by atoms with Crippen LogP contribution in [0.2, 0.25) is 0 Å². The van der Waals surface area contributed by atoms with E-state index >= 15 is 0 Å². The number of nitrogens with one attached hydrogen (secondary N) is 1. The Hall–Kier alpha value is -2.78. The number of benzene rings is 2. The molecule has 0 saturated carbocycles. The molecular formula is C18H12BrFN2O4S. The number of hydrogen-bond acceptors (Lipinski definition) is 5. The summed E-state index contributed by atoms with van der Waals surface area (Å²) in [5.74, 6) is -1.86. The standard InChI is InChI=1S/C18H12BrFN2O4S/c1-26-15-6-9(13(19)8-14(15)23)5-12-16(24)21-18(27)22(17(12)25)11-4-2-3-10(20)7-11/h2-8,23H,1H3,(H,21,24,27). The van der Waals surface area contributed by atoms with Crippen molar-refractivity contribution < 1.29 is 23.8 Å². The highest BCUT2D eigenvalue weighted by Crippen LogP contribution is 2.34. The van der Waals surface area contributed by atoms with E-state index in [1.807, 2.05) is 0 Å². The Kier molecular flexibility index (Phi) is 5.24. The summed E-state index contributed by atoms with van der Waals surface area (Å²) in [7, 11) is 1.38. The molecule has 1 saturated heterocycles. The van der Waals surface area contributed by atoms with Gasteiger partial charge in [-0.15, -0.1) is 0 Å². The topological polar surface area (TPSA) is 78.9 Å². The van der Waals surface area contributed by atoms with E-state index in [0.717, 1.165) is 11.0 Å². The second kappa shape index (κ2) is 7.45. The van der Waals surface area contributed by atoms with Crippen molar-refractivity contribution in [1.29, 1.82) is 0 Å². The van der Waals surface area contributed by atoms with Crippen LogP contribution in [0, 0.1) is 5.82 Å². The maximum absolute atomic E-state index is 13.5. The van der Waals surface area contributed by atoms with Gasteiger partial charge in [0.2, 0.25) is 0 Å². The van der Waals surface area contributed by atoms with Gasteiger partial charge in [0.25, 0.3) is 11.8 Å². The average Bonchev–Trinajstić information content (AvgIpc) is 2.60. The zero-order chi connectivity index (χ0) is 19.7. The lowest BCUT2D eigenvalue weighted by Crippen LogP contribution is -2.54. The van der Waals surface area contributed by atoms with Crippen LogP contribution in [0.4, 0.5) is 10.1 Å². The van der Waals surface area contributed by atoms with Gasteiger partial charge in [0.05, 0.1) is 12.8 Å². The van der Waals surface area contributed by atoms with Crippen LogP contribution in [0.25, 0.3) is 6.08 Å². The number of anilines is 1. The van der Waals surface area contributed by atoms with Crippen LogP contribution in [-0.4, -0.2) is 29.1 Å². The number of methoxy groups -OCH3 is 1. The van der Waals surface area contributed by atoms with Crippen LogP contribution in [0.1, 0.15) is 5.56 Å². The van der Waals surface area contributed by atoms with E-state index in [9.17, 15) is 19.1 Å². The maximum atomic E-state index is 13.5. The minimum absolute atomic E-state index is 0.103. The quantitative estimate of drug-likeness (QED) is 0.426. The predicted molar refractivity (Wildman–Crippen MR) is 105 cm³/mol. The highest BCUT2D eigenvalue weighted by Gasteiger charge is 2.34. The van der Waals surface area contributed by atoms with Gasteiger partial charge in [-0.05, 0) is 54.2 Å². The molecule has 0 bridgehead atoms. The molecule has 9 heteroatoms. The molecule has 2 aromatic carbocycles. The number of aromatic hydroxyl groups is 1. The zero-order valence-corrected chi connectivity index (χ0v) is 16.2. The number of thiocarbonyl (C=S) groups is 1. The van der Waals surface area contributed by atoms with E-state index in [1.54, 1.807) is 0 Å². The van der Waals surface area contributed by atoms with Gasteiger partial charge in [-0.2, -0.15) is 0 Å². The van der Waals surface area contributed by atoms with Crippen molar-refractivity contribution in [1.82, 2.24) is 5.32 Å². The molecule has 1 aliphatic rings. The van der Waals surface area contributed by atoms with Gasteiger partial charge in [-0.1, -0.05) is 22.0 Å². The summed E-state index contributed by atoms with van der Waals surface area (Å²) in [5.41, 5.74) is 0.412. The second-order valence-electron chi connectivity index (χ2n) is 5.48. The molecule has 1 aliphatic heterocycles. The molecular weight excluding hydrogens is 439 g/mol. The van der Waals surface area contributed by atoms with Crippen molar-refractivity contribution in [3.05, 3.63) is 57.8 Å². The number of phenolic OH excluding ortho intramolecular Hbond substituents is 1. The Morgan fingerprint density at radius 2 is 2.04 bits per heavy atom. The van der Waals surface area contributed by atoms with Crippen molar-refractivity contribution in [2.24, 2.45) is 0 Å². The largest absolute Gasteiger partial charge is 0.504 e. The van der Waals surface area contributed by atoms with Crippen LogP contribution in [-0.2, 0) is 9.59 Å². The molecule has 0 radical (unpaired) electrons. The third kappa shape index (κ3) is 3.69. The van der Waals surface area contributed by atoms with Crippen molar-refractivity contribution in [2.75, 3.05) is 12.0 Å². The van der Waals surface area contributed by atoms with E-state index in [4.69, 9.17) is 17.0 Å². The second-order valence-corrected chi connectivity index (χ2v) is 6.72. The van der Waals surface area contributed by atoms with Crippen LogP contribution < -0.4 is 15.0 Å². The van der Waals surface area contributed by atoms with Gasteiger partial charge in [-0.25, -0.2) is 4.39 Å². The van der Waals surface area contributed by atoms with Gasteiger partial charge in [-0.3, -0.25) is 19.8 Å². The number of amides is 2. The lowest BCUT2D eigenvalue weighted by molar-refractivity contribution is -0.122. The summed E-state index contributed by atoms with van der Waals surface area (Å²) in [5, 5.41) is 12.1. The lowest BCUT2D eigenvalue weighted by atomic mass is 10.1. The third-order valence-electron chi connectivity index (χ3n) is 3.77. The Labute approximate surface area is 167 Å². The fourth-order valence-electron chi connectivity index (χ4n) is 2.50. The number of rotatable bonds is 3. The first kappa shape index (κ1) is 19.0. The third-order valence-corrected chi connectivity index (χ3v) is 4.74. The summed E-state index contributed by atoms with van der Waals surface area (Å²) >= 11 is 8.33. The molecule has 1 heterocycles. The van der Waals surface area contributed by atoms with Gasteiger partial charge >= 0.3 is 0 Å². The highest BCUT2D eigenvalue weighted by atomic mass is 79.9. The van der Waals surface area contributed by atoms with E-state index in [2.05, 4.69) is 21.2 Å². The number of carbonyl (C=O) groups is 2. The van der Waals surface area contributed by atoms with E-state index in [1.165, 1.54) is 43.5 Å². The first-order chi connectivity index (χ1) is 12.8. The Balaban J connectivity index is 2.07. The molecule has 0 aliphatic carbocycles. The van der Waals surface area contributed by atoms with Crippen molar-refractivity contribution in [3.63, 3.8) is 0 Å². The number of phenols is 1. The van der Waals surface area contributed by atoms with Crippen molar-refractivity contribution in [3.8, 4) is 11.5 Å². The summed E-state index contributed by atoms with van der Waals surface area (Å²) in [6, 6.07) is 8.15. The molecule has 1 fully saturated rings. The first-order valence-corrected chi connectivity index (χ1v) is 8.75. The fraction of sp³-hybridized carbons (Fsp3) is 0.0556. The minimum atomic E-state index is -0.701. The fourth-order valence-corrected chi connectivity index (χ4v) is 3.22. The Bertz CT molecular complexity index is 1010. The molecule has 2 N–H and O–H groups in total. The van der Waals surface area contributed by atoms with Gasteiger partial charge in [0.1, 0.15) is 11.4 Å². The van der Waals surface area contributed by atoms with Crippen molar-refractivity contribution >= 4 is 56.8 Å². The predicted octanol–water partition coefficient (Wildman–Crippen LogP) is 3.13. The van der Waals surface area contributed by atoms with Crippen LogP contribution in [0.15, 0.2) is 46.4 Å². The highest BCUT2D eigenvalue weighted by molar-refractivity contribution is 9.10. The van der Waals surface area contributed by atoms with Gasteiger partial charge < -0.3 is 9.84 Å². The van der Waals surface area contributed by atoms with Gasteiger partial charge in [0, 0.05) is 4.47 Å². The van der Waals surface area contributed by atoms with Gasteiger partial charge in [0.15, 0.2) is 16.6 Å². The van der Waals surface area contributed by atoms with E-state index < -0.39 is 17.6 Å². The number of hydrogen-bond donors (Lipinski definition) is 2. The maximum Gasteiger partial charge on any atom is 0.270 e. The molecule has 3 rings (SSSR count). The normalized spacial score (nSPS) is 15.9. The number of ether oxygens (including phenoxy) is 1. The van der Waals surface area contributed by atoms with Crippen LogP contribution in [0.3, 0.4) is 0 Å². The molecule has 138 valence electrons. The molecule has 0 unspecified atom stereocenters. The molecule has 2 aromatic rings. The lowest BCUT2D eigenvalue weighted by Gasteiger charge is -2.29. The molecule has 2 amide bonds. The molecule has 0 atom stereocenters. The summed E-state index contributed by atoms with van der Waals surface area (Å²) < 4.78 is 19.0. The Morgan fingerprint density at radius 1 is 1.30 bits per heavy atom. The first-order valence-electron chi connectivity index (χ1n) is 7.55. The van der Waals surface area contributed by atoms with Crippen molar-refractivity contribution in [2.45, 2.75) is 0 Å². The number of nitrogens with zero attached hydrogens (tertiary/aromatic N) is 1. The smallest absolute Gasteiger partial charge is 0.270 e. The van der Waals surface area contributed by atoms with Crippen LogP contribution >= 0.6 is 28.1 Å². The SMILES string of the molecule is COc1cc(C=C2C(=O)NC(=S)N(c3cccc(F)c3)C2=O)c(Br)cc1O. The monoisotopic (exact) mass is 450 g/mol. The Morgan fingerprint density at radius 3 is 2.70 bits per heavy atom. The molecule has 0 aromatic heterocycles.